The summed E-state index contributed by atoms with van der Waals surface area (Å²) in [5.41, 5.74) is 0. The number of piperidine rings is 1. The Bertz CT molecular complexity index is 380. The number of carbonyl (C=O) groups is 2. The molecule has 0 aromatic rings. The molecule has 120 valence electrons. The highest BCUT2D eigenvalue weighted by molar-refractivity contribution is 5.75. The molecule has 0 spiro atoms. The first-order valence-corrected chi connectivity index (χ1v) is 7.92. The molecule has 2 aliphatic rings. The number of likely N-dealkylation sites (tertiary alicyclic amines) is 1. The van der Waals surface area contributed by atoms with Crippen LogP contribution in [0.2, 0.25) is 0 Å². The molecule has 2 amide bonds. The molecular formula is C15H27N3O3. The normalized spacial score (nSPS) is 28.1. The number of urea groups is 1. The number of rotatable bonds is 3. The average Bonchev–Trinajstić information content (AvgIpc) is 2.47. The average molecular weight is 297 g/mol. The van der Waals surface area contributed by atoms with Gasteiger partial charge in [-0.3, -0.25) is 4.79 Å². The Kier molecular flexibility index (Phi) is 5.45. The third-order valence-corrected chi connectivity index (χ3v) is 4.91. The molecule has 1 saturated heterocycles. The zero-order chi connectivity index (χ0) is 15.4. The Morgan fingerprint density at radius 2 is 1.86 bits per heavy atom. The van der Waals surface area contributed by atoms with Crippen molar-refractivity contribution in [2.45, 2.75) is 50.6 Å². The number of carboxylic acids is 1. The van der Waals surface area contributed by atoms with Gasteiger partial charge in [-0.2, -0.15) is 0 Å². The topological polar surface area (TPSA) is 72.9 Å². The summed E-state index contributed by atoms with van der Waals surface area (Å²) in [5.74, 6) is -1.05. The van der Waals surface area contributed by atoms with E-state index < -0.39 is 5.97 Å². The molecule has 1 aliphatic carbocycles. The summed E-state index contributed by atoms with van der Waals surface area (Å²) in [4.78, 5) is 27.5. The van der Waals surface area contributed by atoms with Crippen LogP contribution >= 0.6 is 0 Å². The van der Waals surface area contributed by atoms with Crippen LogP contribution in [0.1, 0.15) is 38.5 Å². The van der Waals surface area contributed by atoms with Crippen molar-refractivity contribution in [2.24, 2.45) is 5.92 Å². The fraction of sp³-hybridized carbons (Fsp3) is 0.867. The van der Waals surface area contributed by atoms with Crippen LogP contribution in [0.25, 0.3) is 0 Å². The van der Waals surface area contributed by atoms with E-state index in [1.165, 1.54) is 0 Å². The molecule has 1 aliphatic heterocycles. The van der Waals surface area contributed by atoms with Crippen LogP contribution in [0.4, 0.5) is 4.79 Å². The minimum Gasteiger partial charge on any atom is -0.481 e. The van der Waals surface area contributed by atoms with E-state index in [1.807, 2.05) is 7.05 Å². The van der Waals surface area contributed by atoms with E-state index in [0.717, 1.165) is 45.2 Å². The lowest BCUT2D eigenvalue weighted by atomic mass is 9.86. The Balaban J connectivity index is 1.81. The number of nitrogens with one attached hydrogen (secondary N) is 1. The zero-order valence-corrected chi connectivity index (χ0v) is 13.0. The maximum absolute atomic E-state index is 12.3. The van der Waals surface area contributed by atoms with Gasteiger partial charge in [0.1, 0.15) is 0 Å². The fourth-order valence-corrected chi connectivity index (χ4v) is 3.37. The first kappa shape index (κ1) is 16.1. The molecule has 0 radical (unpaired) electrons. The maximum atomic E-state index is 12.3. The van der Waals surface area contributed by atoms with Gasteiger partial charge < -0.3 is 20.2 Å². The molecule has 0 aromatic heterocycles. The third-order valence-electron chi connectivity index (χ3n) is 4.91. The van der Waals surface area contributed by atoms with Crippen molar-refractivity contribution in [3.63, 3.8) is 0 Å². The number of hydrogen-bond donors (Lipinski definition) is 2. The van der Waals surface area contributed by atoms with Crippen molar-refractivity contribution in [2.75, 3.05) is 27.2 Å². The van der Waals surface area contributed by atoms with E-state index in [2.05, 4.69) is 17.3 Å². The second kappa shape index (κ2) is 7.11. The minimum absolute atomic E-state index is 0.000985. The van der Waals surface area contributed by atoms with E-state index in [4.69, 9.17) is 5.11 Å². The summed E-state index contributed by atoms with van der Waals surface area (Å²) in [6, 6.07) is 0.238. The van der Waals surface area contributed by atoms with Gasteiger partial charge in [-0.15, -0.1) is 0 Å². The predicted molar refractivity (Wildman–Crippen MR) is 80.2 cm³/mol. The van der Waals surface area contributed by atoms with Crippen molar-refractivity contribution in [1.82, 2.24) is 15.1 Å². The molecule has 0 bridgehead atoms. The van der Waals surface area contributed by atoms with Crippen molar-refractivity contribution >= 4 is 12.0 Å². The van der Waals surface area contributed by atoms with Crippen LogP contribution in [-0.4, -0.2) is 66.2 Å². The zero-order valence-electron chi connectivity index (χ0n) is 13.0. The lowest BCUT2D eigenvalue weighted by Gasteiger charge is -2.36. The summed E-state index contributed by atoms with van der Waals surface area (Å²) in [5, 5.41) is 12.1. The quantitative estimate of drug-likeness (QED) is 0.825. The first-order valence-electron chi connectivity index (χ1n) is 7.92. The van der Waals surface area contributed by atoms with Crippen LogP contribution in [0.3, 0.4) is 0 Å². The number of carbonyl (C=O) groups excluding carboxylic acids is 1. The van der Waals surface area contributed by atoms with E-state index in [9.17, 15) is 9.59 Å². The molecule has 1 saturated carbocycles. The van der Waals surface area contributed by atoms with Crippen molar-refractivity contribution in [3.05, 3.63) is 0 Å². The van der Waals surface area contributed by atoms with E-state index >= 15 is 0 Å². The van der Waals surface area contributed by atoms with Crippen LogP contribution in [0.15, 0.2) is 0 Å². The van der Waals surface area contributed by atoms with Gasteiger partial charge in [0, 0.05) is 19.1 Å². The summed E-state index contributed by atoms with van der Waals surface area (Å²) >= 11 is 0. The number of nitrogens with zero attached hydrogens (tertiary/aromatic N) is 2. The van der Waals surface area contributed by atoms with E-state index in [0.29, 0.717) is 12.5 Å². The third kappa shape index (κ3) is 4.33. The number of carboxylic acid groups (broad SMARTS) is 1. The first-order chi connectivity index (χ1) is 9.97. The second-order valence-corrected chi connectivity index (χ2v) is 6.49. The van der Waals surface area contributed by atoms with Gasteiger partial charge in [-0.1, -0.05) is 6.42 Å². The highest BCUT2D eigenvalue weighted by atomic mass is 16.4. The van der Waals surface area contributed by atoms with Crippen molar-refractivity contribution < 1.29 is 14.7 Å². The Labute approximate surface area is 126 Å². The molecule has 0 aromatic carbocycles. The standard InChI is InChI=1S/C15H27N3O3/c1-17-8-6-13(7-9-17)18(2)15(21)16-12-5-3-4-11(10-12)14(19)20/h11-13H,3-10H2,1-2H3,(H,16,21)(H,19,20). The Hall–Kier alpha value is -1.30. The number of hydrogen-bond acceptors (Lipinski definition) is 3. The molecule has 6 nitrogen and oxygen atoms in total. The molecule has 2 unspecified atom stereocenters. The molecule has 1 heterocycles. The lowest BCUT2D eigenvalue weighted by Crippen LogP contribution is -2.51. The van der Waals surface area contributed by atoms with Crippen LogP contribution in [0.5, 0.6) is 0 Å². The SMILES string of the molecule is CN1CCC(N(C)C(=O)NC2CCCC(C(=O)O)C2)CC1. The van der Waals surface area contributed by atoms with E-state index in [-0.39, 0.29) is 18.0 Å². The highest BCUT2D eigenvalue weighted by Gasteiger charge is 2.30. The Morgan fingerprint density at radius 1 is 1.19 bits per heavy atom. The van der Waals surface area contributed by atoms with Gasteiger partial charge >= 0.3 is 12.0 Å². The minimum atomic E-state index is -0.738. The van der Waals surface area contributed by atoms with Crippen LogP contribution in [0, 0.1) is 5.92 Å². The van der Waals surface area contributed by atoms with Crippen LogP contribution < -0.4 is 5.32 Å². The van der Waals surface area contributed by atoms with E-state index in [1.54, 1.807) is 4.90 Å². The number of aliphatic carboxylic acids is 1. The van der Waals surface area contributed by atoms with Gasteiger partial charge in [0.25, 0.3) is 0 Å². The van der Waals surface area contributed by atoms with Gasteiger partial charge in [0.2, 0.25) is 0 Å². The summed E-state index contributed by atoms with van der Waals surface area (Å²) < 4.78 is 0. The van der Waals surface area contributed by atoms with Gasteiger partial charge in [-0.05, 0) is 52.2 Å². The Morgan fingerprint density at radius 3 is 2.48 bits per heavy atom. The summed E-state index contributed by atoms with van der Waals surface area (Å²) in [6.45, 7) is 2.04. The number of amides is 2. The molecule has 2 atom stereocenters. The molecule has 21 heavy (non-hydrogen) atoms. The molecule has 2 N–H and O–H groups in total. The monoisotopic (exact) mass is 297 g/mol. The largest absolute Gasteiger partial charge is 0.481 e. The van der Waals surface area contributed by atoms with Gasteiger partial charge in [0.05, 0.1) is 5.92 Å². The van der Waals surface area contributed by atoms with Crippen molar-refractivity contribution in [3.8, 4) is 0 Å². The van der Waals surface area contributed by atoms with Gasteiger partial charge in [0.15, 0.2) is 0 Å². The van der Waals surface area contributed by atoms with Gasteiger partial charge in [-0.25, -0.2) is 4.79 Å². The summed E-state index contributed by atoms with van der Waals surface area (Å²) in [7, 11) is 3.95. The maximum Gasteiger partial charge on any atom is 0.317 e. The predicted octanol–water partition coefficient (Wildman–Crippen LogP) is 1.37. The smallest absolute Gasteiger partial charge is 0.317 e. The molecule has 2 fully saturated rings. The molecular weight excluding hydrogens is 270 g/mol. The van der Waals surface area contributed by atoms with Crippen molar-refractivity contribution in [1.29, 1.82) is 0 Å². The molecule has 2 rings (SSSR count). The van der Waals surface area contributed by atoms with Crippen LogP contribution in [-0.2, 0) is 4.79 Å². The molecule has 6 heteroatoms. The lowest BCUT2D eigenvalue weighted by molar-refractivity contribution is -0.143. The second-order valence-electron chi connectivity index (χ2n) is 6.49. The highest BCUT2D eigenvalue weighted by Crippen LogP contribution is 2.25. The summed E-state index contributed by atoms with van der Waals surface area (Å²) in [6.07, 6.45) is 5.05. The fourth-order valence-electron chi connectivity index (χ4n) is 3.37.